The van der Waals surface area contributed by atoms with Crippen molar-refractivity contribution in [2.24, 2.45) is 5.11 Å². The molecule has 20 heavy (non-hydrogen) atoms. The zero-order valence-corrected chi connectivity index (χ0v) is 11.7. The van der Waals surface area contributed by atoms with Crippen LogP contribution in [0.15, 0.2) is 63.6 Å². The first kappa shape index (κ1) is 12.7. The highest BCUT2D eigenvalue weighted by Gasteiger charge is 2.08. The third-order valence-electron chi connectivity index (χ3n) is 3.14. The molecule has 1 heterocycles. The zero-order valence-electron chi connectivity index (χ0n) is 10.9. The van der Waals surface area contributed by atoms with Crippen LogP contribution in [0.25, 0.3) is 21.3 Å². The number of rotatable bonds is 3. The number of fused-ring (bicyclic) bond motifs is 1. The van der Waals surface area contributed by atoms with Gasteiger partial charge in [0.2, 0.25) is 0 Å². The van der Waals surface area contributed by atoms with E-state index in [0.717, 1.165) is 15.4 Å². The Labute approximate surface area is 120 Å². The first-order chi connectivity index (χ1) is 9.78. The fraction of sp³-hybridized carbons (Fsp3) is 0.0667. The van der Waals surface area contributed by atoms with Gasteiger partial charge in [-0.05, 0) is 36.2 Å². The van der Waals surface area contributed by atoms with Gasteiger partial charge < -0.3 is 4.98 Å². The van der Waals surface area contributed by atoms with Crippen LogP contribution in [0.1, 0.15) is 5.56 Å². The summed E-state index contributed by atoms with van der Waals surface area (Å²) < 4.78 is 0. The van der Waals surface area contributed by atoms with Crippen LogP contribution in [-0.4, -0.2) is 4.98 Å². The maximum atomic E-state index is 8.39. The number of aromatic amines is 1. The highest BCUT2D eigenvalue weighted by molar-refractivity contribution is 7.99. The van der Waals surface area contributed by atoms with E-state index in [0.29, 0.717) is 5.69 Å². The van der Waals surface area contributed by atoms with Crippen molar-refractivity contribution in [3.63, 3.8) is 0 Å². The zero-order chi connectivity index (χ0) is 13.9. The molecule has 5 heteroatoms. The number of nitrogens with one attached hydrogen (secondary N) is 1. The Balaban J connectivity index is 1.92. The smallest absolute Gasteiger partial charge is 0.0810 e. The largest absolute Gasteiger partial charge is 0.349 e. The van der Waals surface area contributed by atoms with E-state index in [1.165, 1.54) is 10.9 Å². The van der Waals surface area contributed by atoms with Gasteiger partial charge in [0.1, 0.15) is 0 Å². The summed E-state index contributed by atoms with van der Waals surface area (Å²) in [6.07, 6.45) is 0. The number of nitrogens with zero attached hydrogens (tertiary/aromatic N) is 3. The van der Waals surface area contributed by atoms with Crippen molar-refractivity contribution in [2.75, 3.05) is 0 Å². The molecule has 4 nitrogen and oxygen atoms in total. The summed E-state index contributed by atoms with van der Waals surface area (Å²) in [6, 6.07) is 15.8. The number of aromatic nitrogens is 1. The van der Waals surface area contributed by atoms with Crippen molar-refractivity contribution in [1.29, 1.82) is 0 Å². The maximum absolute atomic E-state index is 8.39. The monoisotopic (exact) mass is 280 g/mol. The minimum atomic E-state index is 0.630. The highest BCUT2D eigenvalue weighted by Crippen LogP contribution is 2.34. The van der Waals surface area contributed by atoms with Gasteiger partial charge in [0.25, 0.3) is 0 Å². The Bertz CT molecular complexity index is 798. The summed E-state index contributed by atoms with van der Waals surface area (Å²) in [5.74, 6) is 0. The highest BCUT2D eigenvalue weighted by atomic mass is 32.2. The van der Waals surface area contributed by atoms with Gasteiger partial charge in [-0.1, -0.05) is 47.2 Å². The van der Waals surface area contributed by atoms with Gasteiger partial charge in [0.05, 0.1) is 5.03 Å². The number of para-hydroxylation sites is 1. The summed E-state index contributed by atoms with van der Waals surface area (Å²) >= 11 is 1.68. The lowest BCUT2D eigenvalue weighted by molar-refractivity contribution is 1.18. The molecule has 2 aromatic carbocycles. The summed E-state index contributed by atoms with van der Waals surface area (Å²) in [6.45, 7) is 2.12. The summed E-state index contributed by atoms with van der Waals surface area (Å²) in [5, 5.41) is 5.96. The molecule has 0 saturated carbocycles. The topological polar surface area (TPSA) is 64.6 Å². The molecule has 0 aliphatic carbocycles. The molecular formula is C15H12N4S. The molecule has 1 N–H and O–H groups in total. The van der Waals surface area contributed by atoms with E-state index in [4.69, 9.17) is 5.53 Å². The van der Waals surface area contributed by atoms with E-state index in [9.17, 15) is 0 Å². The van der Waals surface area contributed by atoms with Crippen LogP contribution < -0.4 is 0 Å². The number of azide groups is 1. The molecule has 0 amide bonds. The predicted octanol–water partition coefficient (Wildman–Crippen LogP) is 5.57. The maximum Gasteiger partial charge on any atom is 0.0810 e. The number of aryl methyl sites for hydroxylation is 1. The number of benzene rings is 2. The second kappa shape index (κ2) is 5.33. The molecule has 0 saturated heterocycles. The van der Waals surface area contributed by atoms with Crippen molar-refractivity contribution in [3.8, 4) is 0 Å². The van der Waals surface area contributed by atoms with Gasteiger partial charge in [-0.25, -0.2) is 0 Å². The summed E-state index contributed by atoms with van der Waals surface area (Å²) in [5.41, 5.74) is 11.4. The molecular weight excluding hydrogens is 268 g/mol. The van der Waals surface area contributed by atoms with Gasteiger partial charge >= 0.3 is 0 Å². The lowest BCUT2D eigenvalue weighted by atomic mass is 10.2. The normalized spacial score (nSPS) is 10.4. The lowest BCUT2D eigenvalue weighted by Gasteiger charge is -2.01. The van der Waals surface area contributed by atoms with E-state index in [-0.39, 0.29) is 0 Å². The van der Waals surface area contributed by atoms with Crippen LogP contribution in [0.2, 0.25) is 0 Å². The van der Waals surface area contributed by atoms with Crippen LogP contribution >= 0.6 is 11.8 Å². The van der Waals surface area contributed by atoms with Crippen LogP contribution in [-0.2, 0) is 0 Å². The Morgan fingerprint density at radius 2 is 1.85 bits per heavy atom. The molecule has 0 aliphatic heterocycles. The minimum Gasteiger partial charge on any atom is -0.349 e. The molecule has 0 unspecified atom stereocenters. The lowest BCUT2D eigenvalue weighted by Crippen LogP contribution is -1.76. The van der Waals surface area contributed by atoms with Crippen LogP contribution in [0, 0.1) is 6.92 Å². The Morgan fingerprint density at radius 1 is 1.10 bits per heavy atom. The van der Waals surface area contributed by atoms with Gasteiger partial charge in [-0.2, -0.15) is 0 Å². The minimum absolute atomic E-state index is 0.630. The van der Waals surface area contributed by atoms with Crippen molar-refractivity contribution in [3.05, 3.63) is 64.5 Å². The Hall–Kier alpha value is -2.36. The van der Waals surface area contributed by atoms with E-state index in [1.807, 2.05) is 36.4 Å². The van der Waals surface area contributed by atoms with Crippen LogP contribution in [0.3, 0.4) is 0 Å². The number of hydrogen-bond donors (Lipinski definition) is 1. The fourth-order valence-corrected chi connectivity index (χ4v) is 3.04. The van der Waals surface area contributed by atoms with E-state index in [2.05, 4.69) is 34.1 Å². The molecule has 0 radical (unpaired) electrons. The average Bonchev–Trinajstić information content (AvgIpc) is 2.79. The first-order valence-electron chi connectivity index (χ1n) is 6.18. The first-order valence-corrected chi connectivity index (χ1v) is 7.00. The van der Waals surface area contributed by atoms with E-state index < -0.39 is 0 Å². The van der Waals surface area contributed by atoms with Gasteiger partial charge in [0.15, 0.2) is 0 Å². The molecule has 1 aromatic heterocycles. The average molecular weight is 280 g/mol. The van der Waals surface area contributed by atoms with E-state index in [1.54, 1.807) is 11.8 Å². The predicted molar refractivity (Wildman–Crippen MR) is 82.4 cm³/mol. The van der Waals surface area contributed by atoms with Crippen molar-refractivity contribution in [1.82, 2.24) is 4.98 Å². The van der Waals surface area contributed by atoms with Crippen molar-refractivity contribution < 1.29 is 0 Å². The SMILES string of the molecule is Cc1c(Sc2ccc(N=[N+]=[N-])cc2)[nH]c2ccccc12. The Morgan fingerprint density at radius 3 is 2.55 bits per heavy atom. The molecule has 0 fully saturated rings. The van der Waals surface area contributed by atoms with Gasteiger partial charge in [-0.3, -0.25) is 0 Å². The molecule has 3 aromatic rings. The summed E-state index contributed by atoms with van der Waals surface area (Å²) in [7, 11) is 0. The van der Waals surface area contributed by atoms with Crippen molar-refractivity contribution in [2.45, 2.75) is 16.8 Å². The van der Waals surface area contributed by atoms with Gasteiger partial charge in [0, 0.05) is 26.4 Å². The number of hydrogen-bond acceptors (Lipinski definition) is 2. The van der Waals surface area contributed by atoms with Gasteiger partial charge in [-0.15, -0.1) is 0 Å². The quantitative estimate of drug-likeness (QED) is 0.380. The standard InChI is InChI=1S/C15H12N4S/c1-10-13-4-2-3-5-14(13)17-15(10)20-12-8-6-11(7-9-12)18-19-16/h2-9,17H,1H3. The second-order valence-corrected chi connectivity index (χ2v) is 5.49. The van der Waals surface area contributed by atoms with E-state index >= 15 is 0 Å². The fourth-order valence-electron chi connectivity index (χ4n) is 2.11. The second-order valence-electron chi connectivity index (χ2n) is 4.41. The van der Waals surface area contributed by atoms with Crippen LogP contribution in [0.4, 0.5) is 5.69 Å². The molecule has 98 valence electrons. The molecule has 0 aliphatic rings. The third-order valence-corrected chi connectivity index (χ3v) is 4.26. The Kier molecular flexibility index (Phi) is 3.37. The molecule has 0 bridgehead atoms. The number of H-pyrrole nitrogens is 1. The van der Waals surface area contributed by atoms with Crippen LogP contribution in [0.5, 0.6) is 0 Å². The van der Waals surface area contributed by atoms with Crippen molar-refractivity contribution >= 4 is 28.4 Å². The molecule has 0 spiro atoms. The third kappa shape index (κ3) is 2.37. The molecule has 3 rings (SSSR count). The molecule has 0 atom stereocenters. The summed E-state index contributed by atoms with van der Waals surface area (Å²) in [4.78, 5) is 7.32.